The van der Waals surface area contributed by atoms with Crippen LogP contribution in [0, 0.1) is 13.8 Å². The van der Waals surface area contributed by atoms with Gasteiger partial charge in [0.1, 0.15) is 11.8 Å². The number of nitrogens with one attached hydrogen (secondary N) is 1. The molecule has 3 rings (SSSR count). The van der Waals surface area contributed by atoms with Crippen LogP contribution >= 0.6 is 39.1 Å². The first-order valence-corrected chi connectivity index (χ1v) is 13.7. The second-order valence-corrected chi connectivity index (χ2v) is 10.5. The predicted octanol–water partition coefficient (Wildman–Crippen LogP) is 6.92. The maximum absolute atomic E-state index is 13.7. The van der Waals surface area contributed by atoms with E-state index in [-0.39, 0.29) is 25.0 Å². The lowest BCUT2D eigenvalue weighted by molar-refractivity contribution is -0.142. The van der Waals surface area contributed by atoms with Crippen LogP contribution in [0.1, 0.15) is 35.6 Å². The first-order valence-electron chi connectivity index (χ1n) is 12.1. The highest BCUT2D eigenvalue weighted by atomic mass is 79.9. The first kappa shape index (κ1) is 29.0. The highest BCUT2D eigenvalue weighted by Crippen LogP contribution is 2.28. The zero-order chi connectivity index (χ0) is 26.9. The van der Waals surface area contributed by atoms with Gasteiger partial charge in [0.15, 0.2) is 6.61 Å². The molecule has 0 radical (unpaired) electrons. The molecule has 0 spiro atoms. The van der Waals surface area contributed by atoms with E-state index in [9.17, 15) is 9.59 Å². The van der Waals surface area contributed by atoms with Crippen LogP contribution in [-0.4, -0.2) is 35.9 Å². The van der Waals surface area contributed by atoms with E-state index in [1.807, 2.05) is 63.2 Å². The number of nitrogens with zero attached hydrogens (tertiary/aromatic N) is 1. The van der Waals surface area contributed by atoms with Crippen LogP contribution in [0.5, 0.6) is 5.75 Å². The Bertz CT molecular complexity index is 1190. The third kappa shape index (κ3) is 7.97. The maximum atomic E-state index is 13.7. The molecule has 8 heteroatoms. The topological polar surface area (TPSA) is 58.6 Å². The third-order valence-corrected chi connectivity index (χ3v) is 7.94. The minimum atomic E-state index is -0.786. The quantitative estimate of drug-likeness (QED) is 0.258. The molecule has 2 amide bonds. The van der Waals surface area contributed by atoms with E-state index >= 15 is 0 Å². The van der Waals surface area contributed by atoms with Crippen LogP contribution < -0.4 is 10.1 Å². The molecule has 0 saturated carbocycles. The summed E-state index contributed by atoms with van der Waals surface area (Å²) in [6, 6.07) is 17.8. The van der Waals surface area contributed by atoms with Crippen molar-refractivity contribution in [2.24, 2.45) is 0 Å². The minimum Gasteiger partial charge on any atom is -0.484 e. The number of hydrogen-bond acceptors (Lipinski definition) is 3. The maximum Gasteiger partial charge on any atom is 0.261 e. The van der Waals surface area contributed by atoms with E-state index in [1.54, 1.807) is 18.2 Å². The molecule has 0 heterocycles. The van der Waals surface area contributed by atoms with Crippen LogP contribution in [0.4, 0.5) is 0 Å². The second kappa shape index (κ2) is 13.8. The summed E-state index contributed by atoms with van der Waals surface area (Å²) in [4.78, 5) is 28.6. The van der Waals surface area contributed by atoms with Gasteiger partial charge in [0.2, 0.25) is 5.91 Å². The van der Waals surface area contributed by atoms with Gasteiger partial charge in [-0.3, -0.25) is 9.59 Å². The summed E-state index contributed by atoms with van der Waals surface area (Å²) in [7, 11) is 0. The average molecular weight is 606 g/mol. The molecule has 0 bridgehead atoms. The average Bonchev–Trinajstić information content (AvgIpc) is 2.88. The second-order valence-electron chi connectivity index (χ2n) is 8.88. The zero-order valence-corrected chi connectivity index (χ0v) is 24.3. The van der Waals surface area contributed by atoms with E-state index in [2.05, 4.69) is 21.2 Å². The summed E-state index contributed by atoms with van der Waals surface area (Å²) >= 11 is 16.5. The Labute approximate surface area is 237 Å². The molecule has 0 saturated heterocycles. The zero-order valence-electron chi connectivity index (χ0n) is 21.2. The molecule has 0 aliphatic heterocycles. The van der Waals surface area contributed by atoms with Crippen molar-refractivity contribution in [2.45, 2.75) is 46.2 Å². The lowest BCUT2D eigenvalue weighted by Crippen LogP contribution is -2.51. The molecule has 1 unspecified atom stereocenters. The molecule has 3 aromatic rings. The first-order chi connectivity index (χ1) is 17.7. The molecule has 37 heavy (non-hydrogen) atoms. The lowest BCUT2D eigenvalue weighted by Gasteiger charge is -2.32. The Kier molecular flexibility index (Phi) is 10.9. The van der Waals surface area contributed by atoms with Gasteiger partial charge in [0, 0.05) is 39.6 Å². The van der Waals surface area contributed by atoms with Crippen molar-refractivity contribution in [1.29, 1.82) is 0 Å². The molecule has 0 aliphatic carbocycles. The molecule has 196 valence electrons. The summed E-state index contributed by atoms with van der Waals surface area (Å²) in [5, 5.41) is 3.81. The van der Waals surface area contributed by atoms with Crippen molar-refractivity contribution >= 4 is 50.9 Å². The molecular weight excluding hydrogens is 575 g/mol. The number of benzene rings is 3. The molecule has 3 aromatic carbocycles. The van der Waals surface area contributed by atoms with Crippen molar-refractivity contribution in [2.75, 3.05) is 13.2 Å². The number of halogens is 3. The molecule has 0 aromatic heterocycles. The van der Waals surface area contributed by atoms with Crippen LogP contribution in [-0.2, 0) is 22.6 Å². The summed E-state index contributed by atoms with van der Waals surface area (Å²) in [6.45, 7) is 6.24. The Hall–Kier alpha value is -2.54. The van der Waals surface area contributed by atoms with Gasteiger partial charge in [-0.1, -0.05) is 82.5 Å². The van der Waals surface area contributed by atoms with E-state index in [0.29, 0.717) is 34.3 Å². The van der Waals surface area contributed by atoms with Gasteiger partial charge in [-0.05, 0) is 61.2 Å². The van der Waals surface area contributed by atoms with Crippen molar-refractivity contribution in [3.05, 3.63) is 97.4 Å². The van der Waals surface area contributed by atoms with Crippen LogP contribution in [0.15, 0.2) is 65.1 Å². The highest BCUT2D eigenvalue weighted by molar-refractivity contribution is 9.10. The summed E-state index contributed by atoms with van der Waals surface area (Å²) in [5.41, 5.74) is 3.52. The van der Waals surface area contributed by atoms with Gasteiger partial charge in [-0.25, -0.2) is 0 Å². The minimum absolute atomic E-state index is 0.0656. The number of amides is 2. The summed E-state index contributed by atoms with van der Waals surface area (Å²) in [5.74, 6) is -0.00308. The fourth-order valence-corrected chi connectivity index (χ4v) is 4.74. The normalized spacial score (nSPS) is 11.6. The van der Waals surface area contributed by atoms with Gasteiger partial charge in [0.05, 0.1) is 0 Å². The fraction of sp³-hybridized carbons (Fsp3) is 0.310. The van der Waals surface area contributed by atoms with Gasteiger partial charge < -0.3 is 15.0 Å². The number of rotatable bonds is 11. The molecule has 1 atom stereocenters. The Morgan fingerprint density at radius 2 is 1.62 bits per heavy atom. The highest BCUT2D eigenvalue weighted by Gasteiger charge is 2.31. The van der Waals surface area contributed by atoms with E-state index in [0.717, 1.165) is 27.6 Å². The Balaban J connectivity index is 1.95. The van der Waals surface area contributed by atoms with E-state index in [4.69, 9.17) is 27.9 Å². The fourth-order valence-electron chi connectivity index (χ4n) is 3.99. The van der Waals surface area contributed by atoms with Crippen molar-refractivity contribution < 1.29 is 14.3 Å². The monoisotopic (exact) mass is 604 g/mol. The SMILES string of the molecule is CCCNC(=O)C(Cc1ccccc1)N(Cc1c(Cl)cccc1Cl)C(=O)COc1cc(C)c(Br)c(C)c1. The third-order valence-electron chi connectivity index (χ3n) is 5.98. The van der Waals surface area contributed by atoms with Crippen LogP contribution in [0.2, 0.25) is 10.0 Å². The lowest BCUT2D eigenvalue weighted by atomic mass is 10.0. The van der Waals surface area contributed by atoms with E-state index < -0.39 is 6.04 Å². The largest absolute Gasteiger partial charge is 0.484 e. The standard InChI is InChI=1S/C29H31BrCl2N2O3/c1-4-13-33-29(36)26(16-21-9-6-5-7-10-21)34(17-23-24(31)11-8-12-25(23)32)27(35)18-37-22-14-19(2)28(30)20(3)15-22/h5-12,14-15,26H,4,13,16-18H2,1-3H3,(H,33,36). The molecular formula is C29H31BrCl2N2O3. The van der Waals surface area contributed by atoms with Crippen molar-refractivity contribution in [3.63, 3.8) is 0 Å². The van der Waals surface area contributed by atoms with Gasteiger partial charge in [-0.15, -0.1) is 0 Å². The van der Waals surface area contributed by atoms with Gasteiger partial charge in [-0.2, -0.15) is 0 Å². The summed E-state index contributed by atoms with van der Waals surface area (Å²) in [6.07, 6.45) is 1.11. The number of aryl methyl sites for hydroxylation is 2. The van der Waals surface area contributed by atoms with Crippen molar-refractivity contribution in [3.8, 4) is 5.75 Å². The Morgan fingerprint density at radius 1 is 1.00 bits per heavy atom. The number of carbonyl (C=O) groups is 2. The molecule has 0 fully saturated rings. The van der Waals surface area contributed by atoms with Crippen LogP contribution in [0.3, 0.4) is 0 Å². The number of ether oxygens (including phenoxy) is 1. The summed E-state index contributed by atoms with van der Waals surface area (Å²) < 4.78 is 6.91. The molecule has 0 aliphatic rings. The molecule has 1 N–H and O–H groups in total. The number of hydrogen-bond donors (Lipinski definition) is 1. The molecule has 5 nitrogen and oxygen atoms in total. The number of carbonyl (C=O) groups excluding carboxylic acids is 2. The van der Waals surface area contributed by atoms with Crippen LogP contribution in [0.25, 0.3) is 0 Å². The van der Waals surface area contributed by atoms with Gasteiger partial charge >= 0.3 is 0 Å². The van der Waals surface area contributed by atoms with E-state index in [1.165, 1.54) is 4.90 Å². The van der Waals surface area contributed by atoms with Gasteiger partial charge in [0.25, 0.3) is 5.91 Å². The Morgan fingerprint density at radius 3 is 2.22 bits per heavy atom. The predicted molar refractivity (Wildman–Crippen MR) is 153 cm³/mol. The smallest absolute Gasteiger partial charge is 0.261 e. The van der Waals surface area contributed by atoms with Crippen molar-refractivity contribution in [1.82, 2.24) is 10.2 Å².